The van der Waals surface area contributed by atoms with E-state index in [4.69, 9.17) is 21.1 Å². The van der Waals surface area contributed by atoms with Gasteiger partial charge < -0.3 is 14.8 Å². The van der Waals surface area contributed by atoms with E-state index in [0.29, 0.717) is 13.2 Å². The van der Waals surface area contributed by atoms with Crippen LogP contribution in [0.25, 0.3) is 0 Å². The van der Waals surface area contributed by atoms with E-state index in [1.54, 1.807) is 0 Å². The summed E-state index contributed by atoms with van der Waals surface area (Å²) in [6.07, 6.45) is -0.297. The third-order valence-electron chi connectivity index (χ3n) is 2.91. The van der Waals surface area contributed by atoms with Crippen molar-refractivity contribution in [3.05, 3.63) is 34.3 Å². The predicted molar refractivity (Wildman–Crippen MR) is 79.6 cm³/mol. The van der Waals surface area contributed by atoms with Crippen LogP contribution in [0.2, 0.25) is 5.02 Å². The molecule has 1 N–H and O–H groups in total. The van der Waals surface area contributed by atoms with Gasteiger partial charge in [-0.3, -0.25) is 0 Å². The van der Waals surface area contributed by atoms with E-state index in [-0.39, 0.29) is 12.3 Å². The lowest BCUT2D eigenvalue weighted by Crippen LogP contribution is -2.36. The number of hydrogen-bond donors (Lipinski definition) is 1. The second kappa shape index (κ2) is 8.54. The van der Waals surface area contributed by atoms with Gasteiger partial charge in [-0.25, -0.2) is 0 Å². The number of aryl methyl sites for hydroxylation is 1. The van der Waals surface area contributed by atoms with Gasteiger partial charge in [0, 0.05) is 18.2 Å². The van der Waals surface area contributed by atoms with E-state index in [1.807, 2.05) is 32.9 Å². The normalized spacial score (nSPS) is 12.9. The Bertz CT molecular complexity index is 378. The summed E-state index contributed by atoms with van der Waals surface area (Å²) in [7, 11) is 0. The second-order valence-electron chi connectivity index (χ2n) is 4.32. The first-order chi connectivity index (χ1) is 9.13. The van der Waals surface area contributed by atoms with E-state index in [9.17, 15) is 0 Å². The van der Waals surface area contributed by atoms with Crippen molar-refractivity contribution in [2.45, 2.75) is 40.0 Å². The van der Waals surface area contributed by atoms with Crippen LogP contribution in [0.1, 0.15) is 37.9 Å². The minimum atomic E-state index is -0.297. The van der Waals surface area contributed by atoms with E-state index < -0.39 is 0 Å². The molecule has 0 bridgehead atoms. The Morgan fingerprint density at radius 3 is 2.26 bits per heavy atom. The first-order valence-electron chi connectivity index (χ1n) is 6.86. The summed E-state index contributed by atoms with van der Waals surface area (Å²) in [5.41, 5.74) is 2.16. The average molecular weight is 286 g/mol. The molecule has 0 saturated heterocycles. The van der Waals surface area contributed by atoms with Crippen LogP contribution in [0.5, 0.6) is 0 Å². The largest absolute Gasteiger partial charge is 0.351 e. The monoisotopic (exact) mass is 285 g/mol. The fourth-order valence-corrected chi connectivity index (χ4v) is 2.15. The van der Waals surface area contributed by atoms with Gasteiger partial charge >= 0.3 is 0 Å². The maximum atomic E-state index is 6.21. The number of likely N-dealkylation sites (N-methyl/N-ethyl adjacent to an activating group) is 1. The molecule has 1 unspecified atom stereocenters. The second-order valence-corrected chi connectivity index (χ2v) is 4.73. The summed E-state index contributed by atoms with van der Waals surface area (Å²) in [6.45, 7) is 10.1. The zero-order valence-corrected chi connectivity index (χ0v) is 13.0. The van der Waals surface area contributed by atoms with Crippen LogP contribution in [0.3, 0.4) is 0 Å². The topological polar surface area (TPSA) is 30.5 Å². The summed E-state index contributed by atoms with van der Waals surface area (Å²) in [5, 5.41) is 4.18. The van der Waals surface area contributed by atoms with Crippen molar-refractivity contribution in [2.75, 3.05) is 19.8 Å². The van der Waals surface area contributed by atoms with Crippen LogP contribution in [0.4, 0.5) is 0 Å². The Morgan fingerprint density at radius 1 is 1.16 bits per heavy atom. The van der Waals surface area contributed by atoms with Crippen molar-refractivity contribution in [3.8, 4) is 0 Å². The van der Waals surface area contributed by atoms with Gasteiger partial charge in [0.05, 0.1) is 6.04 Å². The molecular weight excluding hydrogens is 262 g/mol. The molecule has 3 nitrogen and oxygen atoms in total. The Balaban J connectivity index is 2.98. The Labute approximate surface area is 121 Å². The van der Waals surface area contributed by atoms with Gasteiger partial charge in [0.15, 0.2) is 6.29 Å². The predicted octanol–water partition coefficient (Wildman–Crippen LogP) is 3.70. The van der Waals surface area contributed by atoms with Gasteiger partial charge in [-0.15, -0.1) is 0 Å². The molecule has 0 radical (unpaired) electrons. The molecule has 0 saturated carbocycles. The molecule has 0 amide bonds. The van der Waals surface area contributed by atoms with Crippen LogP contribution < -0.4 is 5.32 Å². The number of ether oxygens (including phenoxy) is 2. The van der Waals surface area contributed by atoms with E-state index in [1.165, 1.54) is 0 Å². The lowest BCUT2D eigenvalue weighted by Gasteiger charge is -2.28. The molecule has 4 heteroatoms. The van der Waals surface area contributed by atoms with E-state index >= 15 is 0 Å². The third-order valence-corrected chi connectivity index (χ3v) is 3.32. The molecule has 108 valence electrons. The van der Waals surface area contributed by atoms with E-state index in [0.717, 1.165) is 22.7 Å². The number of rotatable bonds is 8. The summed E-state index contributed by atoms with van der Waals surface area (Å²) in [6, 6.07) is 6.06. The quantitative estimate of drug-likeness (QED) is 0.739. The average Bonchev–Trinajstić information content (AvgIpc) is 2.39. The molecule has 1 atom stereocenters. The Hall–Kier alpha value is -0.610. The van der Waals surface area contributed by atoms with Crippen LogP contribution in [-0.4, -0.2) is 26.0 Å². The molecule has 0 aliphatic heterocycles. The van der Waals surface area contributed by atoms with Gasteiger partial charge in [-0.2, -0.15) is 0 Å². The molecule has 0 spiro atoms. The summed E-state index contributed by atoms with van der Waals surface area (Å²) >= 11 is 6.21. The summed E-state index contributed by atoms with van der Waals surface area (Å²) < 4.78 is 11.4. The molecular formula is C15H24ClNO2. The van der Waals surface area contributed by atoms with Crippen LogP contribution >= 0.6 is 11.6 Å². The van der Waals surface area contributed by atoms with Crippen molar-refractivity contribution in [2.24, 2.45) is 0 Å². The molecule has 0 aromatic heterocycles. The lowest BCUT2D eigenvalue weighted by molar-refractivity contribution is -0.155. The van der Waals surface area contributed by atoms with Crippen molar-refractivity contribution in [3.63, 3.8) is 0 Å². The van der Waals surface area contributed by atoms with Crippen LogP contribution in [-0.2, 0) is 9.47 Å². The molecule has 0 aliphatic rings. The molecule has 1 aromatic carbocycles. The minimum absolute atomic E-state index is 0.0111. The van der Waals surface area contributed by atoms with Crippen LogP contribution in [0.15, 0.2) is 18.2 Å². The lowest BCUT2D eigenvalue weighted by atomic mass is 10.0. The van der Waals surface area contributed by atoms with Gasteiger partial charge in [-0.1, -0.05) is 30.7 Å². The smallest absolute Gasteiger partial charge is 0.176 e. The zero-order chi connectivity index (χ0) is 14.3. The summed E-state index contributed by atoms with van der Waals surface area (Å²) in [4.78, 5) is 0. The summed E-state index contributed by atoms with van der Waals surface area (Å²) in [5.74, 6) is 0. The third kappa shape index (κ3) is 4.77. The standard InChI is InChI=1S/C15H24ClNO2/c1-5-17-14(15(18-6-2)19-7-3)12-9-8-11(4)13(16)10-12/h8-10,14-15,17H,5-7H2,1-4H3. The molecule has 0 heterocycles. The number of halogens is 1. The Kier molecular flexibility index (Phi) is 7.39. The molecule has 0 aliphatic carbocycles. The van der Waals surface area contributed by atoms with Crippen molar-refractivity contribution in [1.82, 2.24) is 5.32 Å². The fraction of sp³-hybridized carbons (Fsp3) is 0.600. The Morgan fingerprint density at radius 2 is 1.79 bits per heavy atom. The van der Waals surface area contributed by atoms with Gasteiger partial charge in [0.2, 0.25) is 0 Å². The van der Waals surface area contributed by atoms with Crippen molar-refractivity contribution in [1.29, 1.82) is 0 Å². The zero-order valence-electron chi connectivity index (χ0n) is 12.2. The highest BCUT2D eigenvalue weighted by Crippen LogP contribution is 2.25. The maximum absolute atomic E-state index is 6.21. The van der Waals surface area contributed by atoms with Crippen LogP contribution in [0, 0.1) is 6.92 Å². The van der Waals surface area contributed by atoms with Gasteiger partial charge in [0.25, 0.3) is 0 Å². The number of hydrogen-bond acceptors (Lipinski definition) is 3. The first-order valence-corrected chi connectivity index (χ1v) is 7.24. The highest BCUT2D eigenvalue weighted by molar-refractivity contribution is 6.31. The van der Waals surface area contributed by atoms with Crippen molar-refractivity contribution < 1.29 is 9.47 Å². The first kappa shape index (κ1) is 16.4. The molecule has 0 fully saturated rings. The van der Waals surface area contributed by atoms with E-state index in [2.05, 4.69) is 18.3 Å². The molecule has 1 rings (SSSR count). The fourth-order valence-electron chi connectivity index (χ4n) is 1.96. The van der Waals surface area contributed by atoms with Crippen molar-refractivity contribution >= 4 is 11.6 Å². The molecule has 1 aromatic rings. The molecule has 19 heavy (non-hydrogen) atoms. The number of benzene rings is 1. The SMILES string of the molecule is CCNC(c1ccc(C)c(Cl)c1)C(OCC)OCC. The highest BCUT2D eigenvalue weighted by Gasteiger charge is 2.23. The number of nitrogens with one attached hydrogen (secondary N) is 1. The minimum Gasteiger partial charge on any atom is -0.351 e. The highest BCUT2D eigenvalue weighted by atomic mass is 35.5. The van der Waals surface area contributed by atoms with Gasteiger partial charge in [-0.05, 0) is 44.5 Å². The maximum Gasteiger partial charge on any atom is 0.176 e. The van der Waals surface area contributed by atoms with Gasteiger partial charge in [0.1, 0.15) is 0 Å².